The molecule has 0 bridgehead atoms. The molecule has 0 aromatic carbocycles. The van der Waals surface area contributed by atoms with E-state index in [-0.39, 0.29) is 31.1 Å². The van der Waals surface area contributed by atoms with Crippen LogP contribution in [0.5, 0.6) is 0 Å². The van der Waals surface area contributed by atoms with Gasteiger partial charge in [-0.1, -0.05) is 246 Å². The second-order valence-corrected chi connectivity index (χ2v) is 17.9. The fourth-order valence-corrected chi connectivity index (χ4v) is 7.69. The first-order chi connectivity index (χ1) is 27.9. The van der Waals surface area contributed by atoms with Gasteiger partial charge < -0.3 is 14.2 Å². The maximum atomic E-state index is 12.7. The van der Waals surface area contributed by atoms with Crippen LogP contribution in [0, 0.1) is 5.92 Å². The van der Waals surface area contributed by atoms with Crippen molar-refractivity contribution in [2.45, 2.75) is 291 Å². The van der Waals surface area contributed by atoms with E-state index in [1.54, 1.807) is 0 Å². The first-order valence-corrected chi connectivity index (χ1v) is 25.4. The maximum Gasteiger partial charge on any atom is 0.306 e. The number of ether oxygens (including phenoxy) is 3. The van der Waals surface area contributed by atoms with Gasteiger partial charge in [-0.05, 0) is 25.2 Å². The van der Waals surface area contributed by atoms with Crippen molar-refractivity contribution in [1.29, 1.82) is 0 Å². The lowest BCUT2D eigenvalue weighted by Gasteiger charge is -2.18. The van der Waals surface area contributed by atoms with Crippen LogP contribution in [-0.4, -0.2) is 37.2 Å². The van der Waals surface area contributed by atoms with Crippen molar-refractivity contribution in [3.8, 4) is 0 Å². The minimum absolute atomic E-state index is 0.0630. The van der Waals surface area contributed by atoms with Gasteiger partial charge in [-0.2, -0.15) is 0 Å². The minimum Gasteiger partial charge on any atom is -0.462 e. The second-order valence-electron chi connectivity index (χ2n) is 17.9. The Morgan fingerprint density at radius 3 is 0.860 bits per heavy atom. The van der Waals surface area contributed by atoms with Crippen LogP contribution >= 0.6 is 0 Å². The summed E-state index contributed by atoms with van der Waals surface area (Å²) in [4.78, 5) is 37.8. The van der Waals surface area contributed by atoms with Crippen molar-refractivity contribution >= 4 is 17.9 Å². The van der Waals surface area contributed by atoms with Crippen molar-refractivity contribution in [3.63, 3.8) is 0 Å². The molecule has 1 atom stereocenters. The molecule has 6 nitrogen and oxygen atoms in total. The Balaban J connectivity index is 4.24. The lowest BCUT2D eigenvalue weighted by Crippen LogP contribution is -2.30. The first-order valence-electron chi connectivity index (χ1n) is 25.4. The normalized spacial score (nSPS) is 11.9. The lowest BCUT2D eigenvalue weighted by atomic mass is 10.0. The molecule has 0 saturated heterocycles. The number of rotatable bonds is 46. The van der Waals surface area contributed by atoms with E-state index in [1.807, 2.05) is 0 Å². The summed E-state index contributed by atoms with van der Waals surface area (Å²) in [5, 5.41) is 0. The van der Waals surface area contributed by atoms with E-state index < -0.39 is 6.10 Å². The van der Waals surface area contributed by atoms with Crippen LogP contribution in [0.25, 0.3) is 0 Å². The molecule has 0 unspecified atom stereocenters. The zero-order valence-electron chi connectivity index (χ0n) is 38.8. The molecule has 338 valence electrons. The van der Waals surface area contributed by atoms with Crippen molar-refractivity contribution < 1.29 is 28.6 Å². The second kappa shape index (κ2) is 45.5. The Morgan fingerprint density at radius 1 is 0.333 bits per heavy atom. The molecule has 0 amide bonds. The van der Waals surface area contributed by atoms with Gasteiger partial charge >= 0.3 is 17.9 Å². The van der Waals surface area contributed by atoms with Crippen molar-refractivity contribution in [1.82, 2.24) is 0 Å². The summed E-state index contributed by atoms with van der Waals surface area (Å²) >= 11 is 0. The number of esters is 3. The third-order valence-electron chi connectivity index (χ3n) is 11.5. The van der Waals surface area contributed by atoms with E-state index in [9.17, 15) is 14.4 Å². The molecule has 0 N–H and O–H groups in total. The average Bonchev–Trinajstić information content (AvgIpc) is 3.19. The Bertz CT molecular complexity index is 857. The predicted octanol–water partition coefficient (Wildman–Crippen LogP) is 16.3. The third-order valence-corrected chi connectivity index (χ3v) is 11.5. The number of carbonyl (C=O) groups excluding carboxylic acids is 3. The molecule has 0 rings (SSSR count). The van der Waals surface area contributed by atoms with E-state index in [4.69, 9.17) is 14.2 Å². The summed E-state index contributed by atoms with van der Waals surface area (Å²) in [6.45, 7) is 9.01. The standard InChI is InChI=1S/C51H98O6/c1-5-7-9-11-13-15-16-17-20-23-27-30-34-38-42-49(52)55-45-48(57-51(54)44-40-36-32-25-14-12-10-8-6-2)46-56-50(53)43-39-35-31-28-24-21-18-19-22-26-29-33-37-41-47(3)4/h47-48H,5-46H2,1-4H3/t48-/m1/s1. The van der Waals surface area contributed by atoms with Gasteiger partial charge in [-0.25, -0.2) is 0 Å². The van der Waals surface area contributed by atoms with Gasteiger partial charge in [0.25, 0.3) is 0 Å². The summed E-state index contributed by atoms with van der Waals surface area (Å²) in [6, 6.07) is 0. The van der Waals surface area contributed by atoms with Crippen LogP contribution in [-0.2, 0) is 28.6 Å². The van der Waals surface area contributed by atoms with Gasteiger partial charge in [-0.3, -0.25) is 14.4 Å². The summed E-state index contributed by atoms with van der Waals surface area (Å²) < 4.78 is 16.8. The average molecular weight is 807 g/mol. The molecule has 0 heterocycles. The van der Waals surface area contributed by atoms with E-state index in [0.717, 1.165) is 63.7 Å². The minimum atomic E-state index is -0.759. The molecule has 0 fully saturated rings. The van der Waals surface area contributed by atoms with Crippen LogP contribution in [0.15, 0.2) is 0 Å². The molecule has 0 aromatic heterocycles. The third kappa shape index (κ3) is 45.3. The number of unbranched alkanes of at least 4 members (excludes halogenated alkanes) is 33. The van der Waals surface area contributed by atoms with Gasteiger partial charge in [0.15, 0.2) is 6.10 Å². The van der Waals surface area contributed by atoms with E-state index in [2.05, 4.69) is 27.7 Å². The SMILES string of the molecule is CCCCCCCCCCCCCCCCC(=O)OC[C@H](COC(=O)CCCCCCCCCCCCCCCC(C)C)OC(=O)CCCCCCCCCCC. The van der Waals surface area contributed by atoms with Crippen LogP contribution in [0.2, 0.25) is 0 Å². The maximum absolute atomic E-state index is 12.7. The summed E-state index contributed by atoms with van der Waals surface area (Å²) in [5.74, 6) is -0.00831. The number of hydrogen-bond acceptors (Lipinski definition) is 6. The topological polar surface area (TPSA) is 78.9 Å². The molecule has 0 aliphatic carbocycles. The Hall–Kier alpha value is -1.59. The molecule has 0 aliphatic rings. The van der Waals surface area contributed by atoms with Gasteiger partial charge in [0.05, 0.1) is 0 Å². The van der Waals surface area contributed by atoms with Gasteiger partial charge in [0, 0.05) is 19.3 Å². The zero-order chi connectivity index (χ0) is 41.7. The predicted molar refractivity (Wildman–Crippen MR) is 243 cm³/mol. The van der Waals surface area contributed by atoms with Crippen LogP contribution in [0.4, 0.5) is 0 Å². The smallest absolute Gasteiger partial charge is 0.306 e. The highest BCUT2D eigenvalue weighted by Gasteiger charge is 2.19. The van der Waals surface area contributed by atoms with Crippen LogP contribution in [0.3, 0.4) is 0 Å². The van der Waals surface area contributed by atoms with Crippen molar-refractivity contribution in [2.75, 3.05) is 13.2 Å². The monoisotopic (exact) mass is 807 g/mol. The number of carbonyl (C=O) groups is 3. The van der Waals surface area contributed by atoms with E-state index in [1.165, 1.54) is 180 Å². The largest absolute Gasteiger partial charge is 0.462 e. The molecular weight excluding hydrogens is 709 g/mol. The Labute approximate surface area is 355 Å². The highest BCUT2D eigenvalue weighted by atomic mass is 16.6. The summed E-state index contributed by atoms with van der Waals surface area (Å²) in [5.41, 5.74) is 0. The highest BCUT2D eigenvalue weighted by Crippen LogP contribution is 2.17. The molecule has 0 aliphatic heterocycles. The fraction of sp³-hybridized carbons (Fsp3) is 0.941. The highest BCUT2D eigenvalue weighted by molar-refractivity contribution is 5.71. The summed E-state index contributed by atoms with van der Waals surface area (Å²) in [7, 11) is 0. The quantitative estimate of drug-likeness (QED) is 0.0346. The molecule has 0 radical (unpaired) electrons. The van der Waals surface area contributed by atoms with E-state index >= 15 is 0 Å². The number of hydrogen-bond donors (Lipinski definition) is 0. The van der Waals surface area contributed by atoms with Crippen LogP contribution in [0.1, 0.15) is 285 Å². The molecule has 57 heavy (non-hydrogen) atoms. The first kappa shape index (κ1) is 55.4. The molecule has 0 spiro atoms. The molecule has 6 heteroatoms. The lowest BCUT2D eigenvalue weighted by molar-refractivity contribution is -0.167. The van der Waals surface area contributed by atoms with Gasteiger partial charge in [0.2, 0.25) is 0 Å². The van der Waals surface area contributed by atoms with E-state index in [0.29, 0.717) is 19.3 Å². The summed E-state index contributed by atoms with van der Waals surface area (Å²) in [6.07, 6.45) is 46.6. The van der Waals surface area contributed by atoms with Crippen molar-refractivity contribution in [3.05, 3.63) is 0 Å². The van der Waals surface area contributed by atoms with Gasteiger partial charge in [-0.15, -0.1) is 0 Å². The zero-order valence-corrected chi connectivity index (χ0v) is 38.8. The van der Waals surface area contributed by atoms with Crippen LogP contribution < -0.4 is 0 Å². The Kier molecular flexibility index (Phi) is 44.2. The molecular formula is C51H98O6. The van der Waals surface area contributed by atoms with Gasteiger partial charge in [0.1, 0.15) is 13.2 Å². The Morgan fingerprint density at radius 2 is 0.579 bits per heavy atom. The van der Waals surface area contributed by atoms with Crippen molar-refractivity contribution in [2.24, 2.45) is 5.92 Å². The fourth-order valence-electron chi connectivity index (χ4n) is 7.69. The molecule has 0 aromatic rings. The molecule has 0 saturated carbocycles.